The molecule has 0 amide bonds. The number of hydrogen-bond donors (Lipinski definition) is 0. The summed E-state index contributed by atoms with van der Waals surface area (Å²) in [6, 6.07) is 11.3. The Morgan fingerprint density at radius 3 is 2.32 bits per heavy atom. The van der Waals surface area contributed by atoms with E-state index in [1.54, 1.807) is 30.3 Å². The molecule has 0 aliphatic rings. The molecule has 0 aliphatic carbocycles. The fraction of sp³-hybridized carbons (Fsp3) is 0.0769. The average molecular weight is 344 g/mol. The van der Waals surface area contributed by atoms with Gasteiger partial charge >= 0.3 is 6.18 Å². The van der Waals surface area contributed by atoms with Crippen molar-refractivity contribution in [3.63, 3.8) is 0 Å². The molecule has 22 heavy (non-hydrogen) atoms. The first-order chi connectivity index (χ1) is 10.3. The Kier molecular flexibility index (Phi) is 3.41. The smallest absolute Gasteiger partial charge is 0.216 e. The van der Waals surface area contributed by atoms with E-state index in [-0.39, 0.29) is 16.2 Å². The molecule has 3 rings (SSSR count). The second-order valence-corrected chi connectivity index (χ2v) is 7.42. The van der Waals surface area contributed by atoms with E-state index in [9.17, 15) is 21.6 Å². The maximum Gasteiger partial charge on any atom is 0.445 e. The normalized spacial score (nSPS) is 12.7. The van der Waals surface area contributed by atoms with Crippen LogP contribution in [0.3, 0.4) is 0 Å². The highest BCUT2D eigenvalue weighted by Gasteiger charge is 2.37. The number of rotatable bonds is 2. The van der Waals surface area contributed by atoms with Gasteiger partial charge in [-0.15, -0.1) is 10.2 Å². The molecule has 0 spiro atoms. The molecule has 0 bridgehead atoms. The number of alkyl halides is 3. The van der Waals surface area contributed by atoms with E-state index in [1.807, 2.05) is 0 Å². The van der Waals surface area contributed by atoms with E-state index in [0.29, 0.717) is 10.8 Å². The number of aromatic nitrogens is 2. The standard InChI is InChI=1S/C13H7F3N2O2S2/c14-13(15,16)11-17-18-12(21-11)22(19,20)10-7-3-5-8-4-1-2-6-9(8)10/h1-7H. The minimum Gasteiger partial charge on any atom is -0.216 e. The van der Waals surface area contributed by atoms with Crippen LogP contribution < -0.4 is 0 Å². The second kappa shape index (κ2) is 5.03. The number of fused-ring (bicyclic) bond motifs is 1. The first-order valence-electron chi connectivity index (χ1n) is 5.94. The van der Waals surface area contributed by atoms with Crippen LogP contribution in [0.15, 0.2) is 51.7 Å². The summed E-state index contributed by atoms with van der Waals surface area (Å²) in [7, 11) is -4.16. The molecular formula is C13H7F3N2O2S2. The maximum absolute atomic E-state index is 12.6. The summed E-state index contributed by atoms with van der Waals surface area (Å²) >= 11 is 0.0150. The molecule has 0 radical (unpaired) electrons. The van der Waals surface area contributed by atoms with Crippen LogP contribution in [0.5, 0.6) is 0 Å². The summed E-state index contributed by atoms with van der Waals surface area (Å²) in [4.78, 5) is -0.0875. The van der Waals surface area contributed by atoms with Crippen LogP contribution in [0.25, 0.3) is 10.8 Å². The molecule has 0 fully saturated rings. The molecule has 4 nitrogen and oxygen atoms in total. The number of sulfone groups is 1. The molecule has 9 heteroatoms. The van der Waals surface area contributed by atoms with E-state index in [4.69, 9.17) is 0 Å². The molecule has 1 heterocycles. The second-order valence-electron chi connectivity index (χ2n) is 4.35. The zero-order valence-electron chi connectivity index (χ0n) is 10.7. The van der Waals surface area contributed by atoms with Crippen LogP contribution in [0.1, 0.15) is 5.01 Å². The lowest BCUT2D eigenvalue weighted by Gasteiger charge is -2.05. The zero-order chi connectivity index (χ0) is 16.0. The third-order valence-corrected chi connectivity index (χ3v) is 6.07. The Hall–Kier alpha value is -2.00. The fourth-order valence-corrected chi connectivity index (χ4v) is 4.42. The third-order valence-electron chi connectivity index (χ3n) is 2.92. The average Bonchev–Trinajstić information content (AvgIpc) is 2.97. The lowest BCUT2D eigenvalue weighted by atomic mass is 10.1. The Morgan fingerprint density at radius 2 is 1.64 bits per heavy atom. The number of hydrogen-bond acceptors (Lipinski definition) is 5. The van der Waals surface area contributed by atoms with E-state index in [1.165, 1.54) is 12.1 Å². The Balaban J connectivity index is 2.19. The van der Waals surface area contributed by atoms with Gasteiger partial charge in [-0.3, -0.25) is 0 Å². The van der Waals surface area contributed by atoms with Crippen molar-refractivity contribution in [2.24, 2.45) is 0 Å². The van der Waals surface area contributed by atoms with Gasteiger partial charge in [-0.05, 0) is 11.5 Å². The maximum atomic E-state index is 12.6. The SMILES string of the molecule is O=S(=O)(c1nnc(C(F)(F)F)s1)c1cccc2ccccc12. The lowest BCUT2D eigenvalue weighted by Crippen LogP contribution is -2.03. The van der Waals surface area contributed by atoms with Crippen molar-refractivity contribution in [3.8, 4) is 0 Å². The number of nitrogens with zero attached hydrogens (tertiary/aromatic N) is 2. The van der Waals surface area contributed by atoms with Crippen LogP contribution in [-0.4, -0.2) is 18.6 Å². The van der Waals surface area contributed by atoms with E-state index < -0.39 is 25.4 Å². The molecule has 0 saturated heterocycles. The van der Waals surface area contributed by atoms with Crippen molar-refractivity contribution in [3.05, 3.63) is 47.5 Å². The van der Waals surface area contributed by atoms with E-state index in [0.717, 1.165) is 0 Å². The molecule has 0 unspecified atom stereocenters. The molecular weight excluding hydrogens is 337 g/mol. The van der Waals surface area contributed by atoms with Crippen molar-refractivity contribution in [1.29, 1.82) is 0 Å². The zero-order valence-corrected chi connectivity index (χ0v) is 12.3. The van der Waals surface area contributed by atoms with E-state index >= 15 is 0 Å². The highest BCUT2D eigenvalue weighted by atomic mass is 32.2. The van der Waals surface area contributed by atoms with Crippen LogP contribution in [0, 0.1) is 0 Å². The van der Waals surface area contributed by atoms with Crippen LogP contribution >= 0.6 is 11.3 Å². The van der Waals surface area contributed by atoms with Crippen LogP contribution in [-0.2, 0) is 16.0 Å². The van der Waals surface area contributed by atoms with Crippen molar-refractivity contribution < 1.29 is 21.6 Å². The van der Waals surface area contributed by atoms with Crippen molar-refractivity contribution in [2.75, 3.05) is 0 Å². The topological polar surface area (TPSA) is 59.9 Å². The predicted octanol–water partition coefficient (Wildman–Crippen LogP) is 3.54. The molecule has 0 atom stereocenters. The lowest BCUT2D eigenvalue weighted by molar-refractivity contribution is -0.138. The first-order valence-corrected chi connectivity index (χ1v) is 8.24. The fourth-order valence-electron chi connectivity index (χ4n) is 1.96. The third kappa shape index (κ3) is 2.46. The van der Waals surface area contributed by atoms with Gasteiger partial charge in [-0.25, -0.2) is 8.42 Å². The molecule has 2 aromatic carbocycles. The molecule has 0 N–H and O–H groups in total. The first kappa shape index (κ1) is 14.9. The quantitative estimate of drug-likeness (QED) is 0.713. The summed E-state index contributed by atoms with van der Waals surface area (Å²) < 4.78 is 62.1. The van der Waals surface area contributed by atoms with Crippen LogP contribution in [0.2, 0.25) is 0 Å². The van der Waals surface area contributed by atoms with Gasteiger partial charge < -0.3 is 0 Å². The van der Waals surface area contributed by atoms with Crippen molar-refractivity contribution in [1.82, 2.24) is 10.2 Å². The Morgan fingerprint density at radius 1 is 0.955 bits per heavy atom. The summed E-state index contributed by atoms with van der Waals surface area (Å²) in [6.07, 6.45) is -4.72. The minimum absolute atomic E-state index is 0.0150. The highest BCUT2D eigenvalue weighted by molar-refractivity contribution is 7.93. The summed E-state index contributed by atoms with van der Waals surface area (Å²) in [6.45, 7) is 0. The van der Waals surface area contributed by atoms with Gasteiger partial charge in [-0.1, -0.05) is 47.7 Å². The van der Waals surface area contributed by atoms with Gasteiger partial charge in [-0.2, -0.15) is 13.2 Å². The van der Waals surface area contributed by atoms with Crippen molar-refractivity contribution in [2.45, 2.75) is 15.4 Å². The number of halogens is 3. The van der Waals surface area contributed by atoms with Gasteiger partial charge in [0.05, 0.1) is 4.90 Å². The van der Waals surface area contributed by atoms with Gasteiger partial charge in [0, 0.05) is 5.39 Å². The molecule has 114 valence electrons. The van der Waals surface area contributed by atoms with Gasteiger partial charge in [0.25, 0.3) is 0 Å². The van der Waals surface area contributed by atoms with Crippen molar-refractivity contribution >= 4 is 31.9 Å². The summed E-state index contributed by atoms with van der Waals surface area (Å²) in [5.74, 6) is 0. The van der Waals surface area contributed by atoms with Gasteiger partial charge in [0.1, 0.15) is 0 Å². The minimum atomic E-state index is -4.72. The largest absolute Gasteiger partial charge is 0.445 e. The molecule has 1 aromatic heterocycles. The molecule has 0 saturated carbocycles. The summed E-state index contributed by atoms with van der Waals surface area (Å²) in [5.41, 5.74) is 0. The summed E-state index contributed by atoms with van der Waals surface area (Å²) in [5, 5.41) is 5.93. The molecule has 3 aromatic rings. The van der Waals surface area contributed by atoms with Gasteiger partial charge in [0.15, 0.2) is 0 Å². The van der Waals surface area contributed by atoms with Crippen LogP contribution in [0.4, 0.5) is 13.2 Å². The monoisotopic (exact) mass is 344 g/mol. The van der Waals surface area contributed by atoms with E-state index in [2.05, 4.69) is 10.2 Å². The predicted molar refractivity (Wildman–Crippen MR) is 74.3 cm³/mol. The Bertz CT molecular complexity index is 944. The highest BCUT2D eigenvalue weighted by Crippen LogP contribution is 2.35. The number of benzene rings is 2. The van der Waals surface area contributed by atoms with Gasteiger partial charge in [0.2, 0.25) is 19.2 Å². The molecule has 0 aliphatic heterocycles. The Labute approximate surface area is 127 Å².